The van der Waals surface area contributed by atoms with Gasteiger partial charge in [0.15, 0.2) is 6.10 Å². The standard InChI is InChI=1S/C11H17IO4/c1-11(2,3)10(13)16-7-5-15-8-6(12)4-14-9(7)8/h6-9H,4-5H2,1-3H3/t6-,7+,8+,9+/m0/s1. The minimum absolute atomic E-state index is 0.0757. The first kappa shape index (κ1) is 12.6. The Morgan fingerprint density at radius 3 is 2.50 bits per heavy atom. The van der Waals surface area contributed by atoms with Gasteiger partial charge in [0.25, 0.3) is 0 Å². The molecule has 0 bridgehead atoms. The monoisotopic (exact) mass is 340 g/mol. The molecule has 5 heteroatoms. The Kier molecular flexibility index (Phi) is 3.47. The van der Waals surface area contributed by atoms with E-state index in [-0.39, 0.29) is 24.3 Å². The van der Waals surface area contributed by atoms with Crippen LogP contribution in [0.2, 0.25) is 0 Å². The van der Waals surface area contributed by atoms with Gasteiger partial charge in [-0.15, -0.1) is 0 Å². The van der Waals surface area contributed by atoms with Crippen LogP contribution in [0.15, 0.2) is 0 Å². The lowest BCUT2D eigenvalue weighted by atomic mass is 9.97. The number of fused-ring (bicyclic) bond motifs is 1. The van der Waals surface area contributed by atoms with E-state index in [1.165, 1.54) is 0 Å². The molecule has 2 aliphatic heterocycles. The molecule has 0 aromatic heterocycles. The van der Waals surface area contributed by atoms with Crippen molar-refractivity contribution in [3.8, 4) is 0 Å². The normalized spacial score (nSPS) is 38.5. The Hall–Kier alpha value is 0.120. The van der Waals surface area contributed by atoms with E-state index in [4.69, 9.17) is 14.2 Å². The van der Waals surface area contributed by atoms with E-state index in [0.717, 1.165) is 0 Å². The van der Waals surface area contributed by atoms with Crippen LogP contribution < -0.4 is 0 Å². The molecular weight excluding hydrogens is 323 g/mol. The van der Waals surface area contributed by atoms with Gasteiger partial charge in [-0.05, 0) is 20.8 Å². The smallest absolute Gasteiger partial charge is 0.311 e. The Morgan fingerprint density at radius 2 is 1.88 bits per heavy atom. The second-order valence-corrected chi connectivity index (χ2v) is 6.91. The quantitative estimate of drug-likeness (QED) is 0.413. The zero-order valence-corrected chi connectivity index (χ0v) is 11.9. The fourth-order valence-corrected chi connectivity index (χ4v) is 2.66. The molecule has 2 saturated heterocycles. The van der Waals surface area contributed by atoms with Crippen molar-refractivity contribution in [3.05, 3.63) is 0 Å². The molecule has 0 aromatic carbocycles. The maximum Gasteiger partial charge on any atom is 0.311 e. The number of carbonyl (C=O) groups is 1. The van der Waals surface area contributed by atoms with Gasteiger partial charge in [0.2, 0.25) is 0 Å². The molecule has 4 nitrogen and oxygen atoms in total. The molecule has 2 heterocycles. The second-order valence-electron chi connectivity index (χ2n) is 5.31. The highest BCUT2D eigenvalue weighted by Gasteiger charge is 2.49. The van der Waals surface area contributed by atoms with Gasteiger partial charge in [0.05, 0.1) is 22.6 Å². The molecule has 92 valence electrons. The summed E-state index contributed by atoms with van der Waals surface area (Å²) in [6.07, 6.45) is -0.233. The van der Waals surface area contributed by atoms with Gasteiger partial charge in [-0.2, -0.15) is 0 Å². The number of hydrogen-bond acceptors (Lipinski definition) is 4. The van der Waals surface area contributed by atoms with Crippen molar-refractivity contribution in [2.24, 2.45) is 5.41 Å². The van der Waals surface area contributed by atoms with Crippen molar-refractivity contribution >= 4 is 28.6 Å². The maximum absolute atomic E-state index is 11.8. The van der Waals surface area contributed by atoms with Crippen molar-refractivity contribution < 1.29 is 19.0 Å². The third kappa shape index (κ3) is 2.36. The number of alkyl halides is 1. The first-order valence-electron chi connectivity index (χ1n) is 5.48. The second kappa shape index (κ2) is 4.42. The van der Waals surface area contributed by atoms with E-state index >= 15 is 0 Å². The predicted octanol–water partition coefficient (Wildman–Crippen LogP) is 1.55. The van der Waals surface area contributed by atoms with Crippen molar-refractivity contribution in [2.45, 2.75) is 43.0 Å². The summed E-state index contributed by atoms with van der Waals surface area (Å²) in [5, 5.41) is 0. The highest BCUT2D eigenvalue weighted by molar-refractivity contribution is 14.1. The Balaban J connectivity index is 1.95. The number of rotatable bonds is 1. The first-order valence-corrected chi connectivity index (χ1v) is 6.72. The molecule has 0 aromatic rings. The number of halogens is 1. The summed E-state index contributed by atoms with van der Waals surface area (Å²) in [6.45, 7) is 6.67. The van der Waals surface area contributed by atoms with Crippen LogP contribution in [-0.4, -0.2) is 41.4 Å². The number of esters is 1. The topological polar surface area (TPSA) is 44.8 Å². The summed E-state index contributed by atoms with van der Waals surface area (Å²) < 4.78 is 17.0. The van der Waals surface area contributed by atoms with Crippen LogP contribution in [0.25, 0.3) is 0 Å². The third-order valence-corrected chi connectivity index (χ3v) is 3.89. The molecule has 0 unspecified atom stereocenters. The average molecular weight is 340 g/mol. The zero-order valence-electron chi connectivity index (χ0n) is 9.73. The molecule has 0 amide bonds. The number of carbonyl (C=O) groups excluding carboxylic acids is 1. The molecule has 2 fully saturated rings. The fourth-order valence-electron chi connectivity index (χ4n) is 1.83. The largest absolute Gasteiger partial charge is 0.457 e. The van der Waals surface area contributed by atoms with E-state index in [2.05, 4.69) is 22.6 Å². The van der Waals surface area contributed by atoms with Crippen molar-refractivity contribution in [1.82, 2.24) is 0 Å². The highest BCUT2D eigenvalue weighted by Crippen LogP contribution is 2.33. The molecule has 0 spiro atoms. The van der Waals surface area contributed by atoms with Crippen LogP contribution in [0.3, 0.4) is 0 Å². The van der Waals surface area contributed by atoms with Gasteiger partial charge in [-0.25, -0.2) is 0 Å². The molecule has 2 rings (SSSR count). The lowest BCUT2D eigenvalue weighted by Gasteiger charge is -2.22. The Labute approximate surface area is 109 Å². The minimum atomic E-state index is -0.472. The zero-order chi connectivity index (χ0) is 11.9. The summed E-state index contributed by atoms with van der Waals surface area (Å²) in [5.74, 6) is -0.192. The van der Waals surface area contributed by atoms with Crippen molar-refractivity contribution in [3.63, 3.8) is 0 Å². The van der Waals surface area contributed by atoms with E-state index in [0.29, 0.717) is 17.1 Å². The molecule has 4 atom stereocenters. The molecular formula is C11H17IO4. The highest BCUT2D eigenvalue weighted by atomic mass is 127. The molecule has 16 heavy (non-hydrogen) atoms. The maximum atomic E-state index is 11.8. The molecule has 0 saturated carbocycles. The van der Waals surface area contributed by atoms with Gasteiger partial charge in [0, 0.05) is 0 Å². The third-order valence-electron chi connectivity index (χ3n) is 2.82. The van der Waals surface area contributed by atoms with Crippen molar-refractivity contribution in [1.29, 1.82) is 0 Å². The van der Waals surface area contributed by atoms with Crippen LogP contribution in [0.1, 0.15) is 20.8 Å². The molecule has 0 radical (unpaired) electrons. The van der Waals surface area contributed by atoms with Gasteiger partial charge < -0.3 is 14.2 Å². The Morgan fingerprint density at radius 1 is 1.25 bits per heavy atom. The van der Waals surface area contributed by atoms with E-state index < -0.39 is 5.41 Å². The summed E-state index contributed by atoms with van der Waals surface area (Å²) in [6, 6.07) is 0. The Bertz CT molecular complexity index is 286. The van der Waals surface area contributed by atoms with Crippen LogP contribution in [-0.2, 0) is 19.0 Å². The van der Waals surface area contributed by atoms with E-state index in [9.17, 15) is 4.79 Å². The molecule has 0 aliphatic carbocycles. The number of ether oxygens (including phenoxy) is 3. The molecule has 2 aliphatic rings. The predicted molar refractivity (Wildman–Crippen MR) is 66.6 cm³/mol. The summed E-state index contributed by atoms with van der Waals surface area (Å²) >= 11 is 2.32. The van der Waals surface area contributed by atoms with E-state index in [1.54, 1.807) is 0 Å². The van der Waals surface area contributed by atoms with Crippen LogP contribution in [0.4, 0.5) is 0 Å². The van der Waals surface area contributed by atoms with Gasteiger partial charge in [-0.3, -0.25) is 4.79 Å². The number of hydrogen-bond donors (Lipinski definition) is 0. The average Bonchev–Trinajstić information content (AvgIpc) is 2.70. The lowest BCUT2D eigenvalue weighted by molar-refractivity contribution is -0.163. The van der Waals surface area contributed by atoms with Crippen LogP contribution >= 0.6 is 22.6 Å². The van der Waals surface area contributed by atoms with Crippen molar-refractivity contribution in [2.75, 3.05) is 13.2 Å². The summed E-state index contributed by atoms with van der Waals surface area (Å²) in [7, 11) is 0. The summed E-state index contributed by atoms with van der Waals surface area (Å²) in [5.41, 5.74) is -0.472. The van der Waals surface area contributed by atoms with E-state index in [1.807, 2.05) is 20.8 Å². The van der Waals surface area contributed by atoms with Crippen LogP contribution in [0, 0.1) is 5.41 Å². The minimum Gasteiger partial charge on any atom is -0.457 e. The molecule has 0 N–H and O–H groups in total. The van der Waals surface area contributed by atoms with Crippen LogP contribution in [0.5, 0.6) is 0 Å². The SMILES string of the molecule is CC(C)(C)C(=O)O[C@@H]1CO[C@H]2[C@@H]1OC[C@@H]2I. The summed E-state index contributed by atoms with van der Waals surface area (Å²) in [4.78, 5) is 11.8. The fraction of sp³-hybridized carbons (Fsp3) is 0.909. The first-order chi connectivity index (χ1) is 7.39. The lowest BCUT2D eigenvalue weighted by Crippen LogP contribution is -2.36. The van der Waals surface area contributed by atoms with Gasteiger partial charge in [-0.1, -0.05) is 22.6 Å². The van der Waals surface area contributed by atoms with Gasteiger partial charge >= 0.3 is 5.97 Å². The van der Waals surface area contributed by atoms with Gasteiger partial charge in [0.1, 0.15) is 12.2 Å².